The maximum atomic E-state index is 11.9. The Bertz CT molecular complexity index is 981. The Morgan fingerprint density at radius 1 is 0.923 bits per heavy atom. The molecule has 3 aromatic rings. The summed E-state index contributed by atoms with van der Waals surface area (Å²) in [5.41, 5.74) is 3.45. The van der Waals surface area contributed by atoms with Gasteiger partial charge in [0.2, 0.25) is 0 Å². The van der Waals surface area contributed by atoms with Crippen molar-refractivity contribution < 1.29 is 9.21 Å². The molecule has 0 saturated heterocycles. The van der Waals surface area contributed by atoms with Crippen molar-refractivity contribution in [2.75, 3.05) is 0 Å². The van der Waals surface area contributed by atoms with Gasteiger partial charge in [0.05, 0.1) is 21.3 Å². The van der Waals surface area contributed by atoms with Gasteiger partial charge in [-0.1, -0.05) is 46.4 Å². The summed E-state index contributed by atoms with van der Waals surface area (Å²) >= 11 is 23.9. The normalized spacial score (nSPS) is 11.1. The molecule has 0 unspecified atom stereocenters. The van der Waals surface area contributed by atoms with E-state index in [0.717, 1.165) is 0 Å². The van der Waals surface area contributed by atoms with E-state index in [4.69, 9.17) is 50.8 Å². The van der Waals surface area contributed by atoms with Crippen molar-refractivity contribution in [3.05, 3.63) is 79.9 Å². The number of nitrogens with one attached hydrogen (secondary N) is 1. The van der Waals surface area contributed by atoms with Crippen LogP contribution in [0.3, 0.4) is 0 Å². The number of hydrogen-bond acceptors (Lipinski definition) is 3. The lowest BCUT2D eigenvalue weighted by Gasteiger charge is -2.03. The molecule has 1 heterocycles. The number of carbonyl (C=O) groups excluding carboxylic acids is 1. The molecular weight excluding hydrogens is 418 g/mol. The van der Waals surface area contributed by atoms with Gasteiger partial charge >= 0.3 is 0 Å². The fraction of sp³-hybridized carbons (Fsp3) is 0. The van der Waals surface area contributed by atoms with E-state index in [2.05, 4.69) is 10.5 Å². The summed E-state index contributed by atoms with van der Waals surface area (Å²) in [4.78, 5) is 11.9. The van der Waals surface area contributed by atoms with Crippen LogP contribution in [-0.4, -0.2) is 12.1 Å². The first-order valence-electron chi connectivity index (χ1n) is 7.28. The van der Waals surface area contributed by atoms with E-state index in [9.17, 15) is 4.79 Å². The Kier molecular flexibility index (Phi) is 5.89. The van der Waals surface area contributed by atoms with Crippen LogP contribution in [0.4, 0.5) is 0 Å². The Labute approximate surface area is 169 Å². The van der Waals surface area contributed by atoms with Gasteiger partial charge in [-0.15, -0.1) is 0 Å². The van der Waals surface area contributed by atoms with Crippen LogP contribution in [0.15, 0.2) is 58.0 Å². The fourth-order valence-corrected chi connectivity index (χ4v) is 2.86. The van der Waals surface area contributed by atoms with Gasteiger partial charge < -0.3 is 4.42 Å². The maximum absolute atomic E-state index is 11.9. The Morgan fingerprint density at radius 2 is 1.62 bits per heavy atom. The summed E-state index contributed by atoms with van der Waals surface area (Å²) in [6.45, 7) is 0. The Morgan fingerprint density at radius 3 is 2.35 bits per heavy atom. The molecule has 0 bridgehead atoms. The molecule has 0 aliphatic carbocycles. The predicted molar refractivity (Wildman–Crippen MR) is 106 cm³/mol. The van der Waals surface area contributed by atoms with Crippen LogP contribution in [0.1, 0.15) is 16.1 Å². The van der Waals surface area contributed by atoms with Gasteiger partial charge in [-0.05, 0) is 48.5 Å². The van der Waals surface area contributed by atoms with E-state index in [1.54, 1.807) is 48.5 Å². The minimum atomic E-state index is -0.364. The lowest BCUT2D eigenvalue weighted by atomic mass is 10.2. The summed E-state index contributed by atoms with van der Waals surface area (Å²) in [6.07, 6.45) is 1.38. The highest BCUT2D eigenvalue weighted by Crippen LogP contribution is 2.35. The van der Waals surface area contributed by atoms with Crippen molar-refractivity contribution in [2.45, 2.75) is 0 Å². The lowest BCUT2D eigenvalue weighted by Crippen LogP contribution is -2.17. The van der Waals surface area contributed by atoms with Crippen LogP contribution in [0.5, 0.6) is 0 Å². The van der Waals surface area contributed by atoms with E-state index >= 15 is 0 Å². The summed E-state index contributed by atoms with van der Waals surface area (Å²) < 4.78 is 5.64. The molecule has 1 N–H and O–H groups in total. The highest BCUT2D eigenvalue weighted by molar-refractivity contribution is 6.44. The first kappa shape index (κ1) is 18.8. The number of hydrazone groups is 1. The standard InChI is InChI=1S/C18H10Cl4N2O2/c19-11-3-1-10(2-4-11)18(25)24-23-9-12-5-6-17(26-12)13-7-15(21)16(22)8-14(13)20/h1-9H,(H,24,25)/b23-9-. The second-order valence-corrected chi connectivity index (χ2v) is 6.81. The van der Waals surface area contributed by atoms with Crippen LogP contribution in [0, 0.1) is 0 Å². The average Bonchev–Trinajstić information content (AvgIpc) is 3.07. The number of halogens is 4. The van der Waals surface area contributed by atoms with Gasteiger partial charge in [-0.3, -0.25) is 4.79 Å². The van der Waals surface area contributed by atoms with Gasteiger partial charge in [0, 0.05) is 16.1 Å². The molecule has 26 heavy (non-hydrogen) atoms. The molecule has 2 aromatic carbocycles. The third kappa shape index (κ3) is 4.40. The molecule has 0 radical (unpaired) electrons. The number of amides is 1. The zero-order chi connectivity index (χ0) is 18.7. The summed E-state index contributed by atoms with van der Waals surface area (Å²) in [5.74, 6) is 0.565. The largest absolute Gasteiger partial charge is 0.455 e. The summed E-state index contributed by atoms with van der Waals surface area (Å²) in [5, 5.41) is 5.56. The van der Waals surface area contributed by atoms with Crippen molar-refractivity contribution in [2.24, 2.45) is 5.10 Å². The number of carbonyl (C=O) groups is 1. The zero-order valence-corrected chi connectivity index (χ0v) is 16.0. The minimum Gasteiger partial charge on any atom is -0.455 e. The molecule has 1 amide bonds. The number of nitrogens with zero attached hydrogens (tertiary/aromatic N) is 1. The number of benzene rings is 2. The molecule has 0 aliphatic heterocycles. The van der Waals surface area contributed by atoms with E-state index in [1.165, 1.54) is 6.21 Å². The van der Waals surface area contributed by atoms with Crippen LogP contribution in [-0.2, 0) is 0 Å². The van der Waals surface area contributed by atoms with Crippen molar-refractivity contribution in [3.8, 4) is 11.3 Å². The second-order valence-electron chi connectivity index (χ2n) is 5.15. The van der Waals surface area contributed by atoms with Gasteiger partial charge in [0.1, 0.15) is 11.5 Å². The summed E-state index contributed by atoms with van der Waals surface area (Å²) in [7, 11) is 0. The van der Waals surface area contributed by atoms with Crippen LogP contribution in [0.2, 0.25) is 20.1 Å². The molecule has 8 heteroatoms. The van der Waals surface area contributed by atoms with E-state index in [-0.39, 0.29) is 5.91 Å². The van der Waals surface area contributed by atoms with Gasteiger partial charge in [-0.2, -0.15) is 5.10 Å². The molecule has 3 rings (SSSR count). The molecule has 0 saturated carbocycles. The minimum absolute atomic E-state index is 0.360. The monoisotopic (exact) mass is 426 g/mol. The number of rotatable bonds is 4. The van der Waals surface area contributed by atoms with Gasteiger partial charge in [-0.25, -0.2) is 5.43 Å². The molecule has 0 fully saturated rings. The first-order chi connectivity index (χ1) is 12.4. The highest BCUT2D eigenvalue weighted by atomic mass is 35.5. The molecule has 132 valence electrons. The molecule has 0 spiro atoms. The van der Waals surface area contributed by atoms with Crippen molar-refractivity contribution in [3.63, 3.8) is 0 Å². The topological polar surface area (TPSA) is 54.6 Å². The SMILES string of the molecule is O=C(N/N=C\c1ccc(-c2cc(Cl)c(Cl)cc2Cl)o1)c1ccc(Cl)cc1. The third-order valence-electron chi connectivity index (χ3n) is 3.37. The quantitative estimate of drug-likeness (QED) is 0.300. The van der Waals surface area contributed by atoms with Crippen LogP contribution >= 0.6 is 46.4 Å². The Hall–Kier alpha value is -1.98. The smallest absolute Gasteiger partial charge is 0.271 e. The Balaban J connectivity index is 1.70. The maximum Gasteiger partial charge on any atom is 0.271 e. The third-order valence-corrected chi connectivity index (χ3v) is 4.65. The van der Waals surface area contributed by atoms with Crippen LogP contribution < -0.4 is 5.43 Å². The van der Waals surface area contributed by atoms with Crippen molar-refractivity contribution in [1.82, 2.24) is 5.43 Å². The van der Waals surface area contributed by atoms with E-state index in [1.807, 2.05) is 0 Å². The molecule has 4 nitrogen and oxygen atoms in total. The second kappa shape index (κ2) is 8.14. The molecule has 0 atom stereocenters. The van der Waals surface area contributed by atoms with Gasteiger partial charge in [0.25, 0.3) is 5.91 Å². The highest BCUT2D eigenvalue weighted by Gasteiger charge is 2.11. The predicted octanol–water partition coefficient (Wildman–Crippen LogP) is 6.32. The molecule has 0 aliphatic rings. The number of furan rings is 1. The number of hydrogen-bond donors (Lipinski definition) is 1. The fourth-order valence-electron chi connectivity index (χ4n) is 2.10. The first-order valence-corrected chi connectivity index (χ1v) is 8.79. The molecule has 1 aromatic heterocycles. The molecular formula is C18H10Cl4N2O2. The van der Waals surface area contributed by atoms with E-state index < -0.39 is 0 Å². The average molecular weight is 428 g/mol. The summed E-state index contributed by atoms with van der Waals surface area (Å²) in [6, 6.07) is 13.0. The van der Waals surface area contributed by atoms with Crippen molar-refractivity contribution >= 4 is 58.5 Å². The van der Waals surface area contributed by atoms with Crippen molar-refractivity contribution in [1.29, 1.82) is 0 Å². The van der Waals surface area contributed by atoms with Crippen LogP contribution in [0.25, 0.3) is 11.3 Å². The van der Waals surface area contributed by atoms with E-state index in [0.29, 0.717) is 42.7 Å². The zero-order valence-electron chi connectivity index (χ0n) is 13.0. The van der Waals surface area contributed by atoms with Gasteiger partial charge in [0.15, 0.2) is 0 Å². The lowest BCUT2D eigenvalue weighted by molar-refractivity contribution is 0.0955.